The van der Waals surface area contributed by atoms with Gasteiger partial charge in [0.1, 0.15) is 6.61 Å². The van der Waals surface area contributed by atoms with Gasteiger partial charge in [-0.25, -0.2) is 4.79 Å². The number of piperidine rings is 1. The van der Waals surface area contributed by atoms with Crippen molar-refractivity contribution in [2.75, 3.05) is 26.2 Å². The molecule has 1 aromatic carbocycles. The molecule has 6 heteroatoms. The van der Waals surface area contributed by atoms with Gasteiger partial charge < -0.3 is 20.3 Å². The third-order valence-electron chi connectivity index (χ3n) is 6.04. The summed E-state index contributed by atoms with van der Waals surface area (Å²) < 4.78 is 5.44. The largest absolute Gasteiger partial charge is 0.445 e. The van der Waals surface area contributed by atoms with Crippen molar-refractivity contribution in [3.8, 4) is 0 Å². The fourth-order valence-corrected chi connectivity index (χ4v) is 4.00. The van der Waals surface area contributed by atoms with Crippen LogP contribution in [0.2, 0.25) is 0 Å². The first-order valence-electron chi connectivity index (χ1n) is 9.90. The number of benzene rings is 1. The number of nitrogens with two attached hydrogens (primary N) is 1. The molecule has 0 unspecified atom stereocenters. The van der Waals surface area contributed by atoms with E-state index in [1.54, 1.807) is 4.90 Å². The monoisotopic (exact) mass is 373 g/mol. The first-order valence-corrected chi connectivity index (χ1v) is 9.90. The lowest BCUT2D eigenvalue weighted by Gasteiger charge is -2.38. The minimum atomic E-state index is -0.423. The fraction of sp³-hybridized carbons (Fsp3) is 0.619. The van der Waals surface area contributed by atoms with Crippen LogP contribution in [-0.4, -0.2) is 54.0 Å². The van der Waals surface area contributed by atoms with Crippen LogP contribution in [0.4, 0.5) is 4.79 Å². The zero-order chi connectivity index (χ0) is 19.4. The van der Waals surface area contributed by atoms with E-state index in [1.807, 2.05) is 49.1 Å². The number of rotatable bonds is 4. The Kier molecular flexibility index (Phi) is 6.05. The molecule has 2 N–H and O–H groups in total. The molecule has 2 amide bonds. The van der Waals surface area contributed by atoms with Crippen LogP contribution in [0, 0.1) is 11.3 Å². The summed E-state index contributed by atoms with van der Waals surface area (Å²) in [5.74, 6) is 0.210. The molecule has 0 aromatic heterocycles. The number of carbonyl (C=O) groups is 2. The highest BCUT2D eigenvalue weighted by molar-refractivity contribution is 5.82. The molecule has 1 spiro atoms. The van der Waals surface area contributed by atoms with Crippen LogP contribution in [-0.2, 0) is 16.1 Å². The van der Waals surface area contributed by atoms with E-state index in [-0.39, 0.29) is 23.3 Å². The number of amides is 2. The Labute approximate surface area is 161 Å². The van der Waals surface area contributed by atoms with E-state index in [2.05, 4.69) is 0 Å². The number of hydrogen-bond acceptors (Lipinski definition) is 4. The Morgan fingerprint density at radius 2 is 1.67 bits per heavy atom. The predicted molar refractivity (Wildman–Crippen MR) is 104 cm³/mol. The number of hydrogen-bond donors (Lipinski definition) is 1. The summed E-state index contributed by atoms with van der Waals surface area (Å²) in [4.78, 5) is 28.6. The second-order valence-electron chi connectivity index (χ2n) is 8.31. The summed E-state index contributed by atoms with van der Waals surface area (Å²) in [6.45, 7) is 7.17. The van der Waals surface area contributed by atoms with Crippen LogP contribution in [0.25, 0.3) is 0 Å². The standard InChI is InChI=1S/C21H31N3O3/c1-16(2)18(22)19(25)24-13-10-21(15-24)8-11-23(12-9-21)20(26)27-14-17-6-4-3-5-7-17/h3-7,16,18H,8-15,22H2,1-2H3/t18-/m0/s1. The summed E-state index contributed by atoms with van der Waals surface area (Å²) in [5.41, 5.74) is 7.16. The maximum absolute atomic E-state index is 12.5. The molecule has 27 heavy (non-hydrogen) atoms. The molecule has 2 heterocycles. The molecule has 0 saturated carbocycles. The van der Waals surface area contributed by atoms with E-state index in [0.717, 1.165) is 37.9 Å². The van der Waals surface area contributed by atoms with Gasteiger partial charge in [0.2, 0.25) is 5.91 Å². The third-order valence-corrected chi connectivity index (χ3v) is 6.04. The average molecular weight is 373 g/mol. The minimum Gasteiger partial charge on any atom is -0.445 e. The molecule has 2 aliphatic rings. The Hall–Kier alpha value is -2.08. The van der Waals surface area contributed by atoms with Gasteiger partial charge in [0.15, 0.2) is 0 Å². The Morgan fingerprint density at radius 3 is 2.26 bits per heavy atom. The third kappa shape index (κ3) is 4.61. The first kappa shape index (κ1) is 19.7. The van der Waals surface area contributed by atoms with Gasteiger partial charge in [-0.1, -0.05) is 44.2 Å². The second kappa shape index (κ2) is 8.30. The molecule has 6 nitrogen and oxygen atoms in total. The van der Waals surface area contributed by atoms with Crippen molar-refractivity contribution in [3.63, 3.8) is 0 Å². The van der Waals surface area contributed by atoms with E-state index in [0.29, 0.717) is 19.7 Å². The van der Waals surface area contributed by atoms with Crippen LogP contribution in [0.15, 0.2) is 30.3 Å². The summed E-state index contributed by atoms with van der Waals surface area (Å²) in [7, 11) is 0. The molecule has 2 aliphatic heterocycles. The number of ether oxygens (including phenoxy) is 1. The minimum absolute atomic E-state index is 0.0616. The van der Waals surface area contributed by atoms with E-state index in [9.17, 15) is 9.59 Å². The summed E-state index contributed by atoms with van der Waals surface area (Å²) >= 11 is 0. The highest BCUT2D eigenvalue weighted by Crippen LogP contribution is 2.40. The molecule has 0 aliphatic carbocycles. The highest BCUT2D eigenvalue weighted by Gasteiger charge is 2.43. The van der Waals surface area contributed by atoms with Crippen LogP contribution >= 0.6 is 0 Å². The van der Waals surface area contributed by atoms with E-state index in [4.69, 9.17) is 10.5 Å². The Morgan fingerprint density at radius 1 is 1.07 bits per heavy atom. The maximum atomic E-state index is 12.5. The molecule has 0 bridgehead atoms. The van der Waals surface area contributed by atoms with E-state index >= 15 is 0 Å². The van der Waals surface area contributed by atoms with Crippen LogP contribution < -0.4 is 5.73 Å². The first-order chi connectivity index (χ1) is 12.9. The molecule has 3 rings (SSSR count). The van der Waals surface area contributed by atoms with Crippen molar-refractivity contribution in [3.05, 3.63) is 35.9 Å². The fourth-order valence-electron chi connectivity index (χ4n) is 4.00. The lowest BCUT2D eigenvalue weighted by molar-refractivity contribution is -0.133. The lowest BCUT2D eigenvalue weighted by Crippen LogP contribution is -2.48. The van der Waals surface area contributed by atoms with Gasteiger partial charge in [-0.15, -0.1) is 0 Å². The van der Waals surface area contributed by atoms with Gasteiger partial charge in [0, 0.05) is 26.2 Å². The molecule has 2 fully saturated rings. The van der Waals surface area contributed by atoms with Crippen molar-refractivity contribution < 1.29 is 14.3 Å². The molecule has 1 aromatic rings. The normalized spacial score (nSPS) is 20.1. The van der Waals surface area contributed by atoms with Crippen molar-refractivity contribution >= 4 is 12.0 Å². The number of likely N-dealkylation sites (tertiary alicyclic amines) is 2. The van der Waals surface area contributed by atoms with Crippen molar-refractivity contribution in [1.29, 1.82) is 0 Å². The van der Waals surface area contributed by atoms with Crippen molar-refractivity contribution in [2.45, 2.75) is 45.8 Å². The van der Waals surface area contributed by atoms with Gasteiger partial charge in [-0.3, -0.25) is 4.79 Å². The van der Waals surface area contributed by atoms with E-state index < -0.39 is 6.04 Å². The Balaban J connectivity index is 1.47. The van der Waals surface area contributed by atoms with Crippen LogP contribution in [0.3, 0.4) is 0 Å². The van der Waals surface area contributed by atoms with Crippen molar-refractivity contribution in [1.82, 2.24) is 9.80 Å². The highest BCUT2D eigenvalue weighted by atomic mass is 16.6. The second-order valence-corrected chi connectivity index (χ2v) is 8.31. The molecule has 148 valence electrons. The smallest absolute Gasteiger partial charge is 0.410 e. The summed E-state index contributed by atoms with van der Waals surface area (Å²) in [6.07, 6.45) is 2.57. The van der Waals surface area contributed by atoms with Crippen molar-refractivity contribution in [2.24, 2.45) is 17.1 Å². The van der Waals surface area contributed by atoms with Gasteiger partial charge >= 0.3 is 6.09 Å². The SMILES string of the molecule is CC(C)[C@H](N)C(=O)N1CCC2(CCN(C(=O)OCc3ccccc3)CC2)C1. The van der Waals surface area contributed by atoms with Gasteiger partial charge in [-0.05, 0) is 36.2 Å². The zero-order valence-corrected chi connectivity index (χ0v) is 16.4. The Bertz CT molecular complexity index is 654. The molecular formula is C21H31N3O3. The van der Waals surface area contributed by atoms with E-state index in [1.165, 1.54) is 0 Å². The van der Waals surface area contributed by atoms with Gasteiger partial charge in [0.05, 0.1) is 6.04 Å². The van der Waals surface area contributed by atoms with Crippen LogP contribution in [0.1, 0.15) is 38.7 Å². The zero-order valence-electron chi connectivity index (χ0n) is 16.4. The molecule has 2 saturated heterocycles. The van der Waals surface area contributed by atoms with Gasteiger partial charge in [0.25, 0.3) is 0 Å². The average Bonchev–Trinajstić information content (AvgIpc) is 3.09. The van der Waals surface area contributed by atoms with Crippen LogP contribution in [0.5, 0.6) is 0 Å². The predicted octanol–water partition coefficient (Wildman–Crippen LogP) is 2.62. The summed E-state index contributed by atoms with van der Waals surface area (Å²) in [6, 6.07) is 9.29. The maximum Gasteiger partial charge on any atom is 0.410 e. The molecule has 0 radical (unpaired) electrons. The number of carbonyl (C=O) groups excluding carboxylic acids is 2. The molecule has 1 atom stereocenters. The quantitative estimate of drug-likeness (QED) is 0.880. The summed E-state index contributed by atoms with van der Waals surface area (Å²) in [5, 5.41) is 0. The lowest BCUT2D eigenvalue weighted by atomic mass is 9.78. The molecular weight excluding hydrogens is 342 g/mol. The van der Waals surface area contributed by atoms with Gasteiger partial charge in [-0.2, -0.15) is 0 Å². The number of nitrogens with zero attached hydrogens (tertiary/aromatic N) is 2. The topological polar surface area (TPSA) is 75.9 Å².